The number of hydrogen-bond acceptors (Lipinski definition) is 4. The van der Waals surface area contributed by atoms with Crippen molar-refractivity contribution in [3.05, 3.63) is 39.4 Å². The van der Waals surface area contributed by atoms with Crippen molar-refractivity contribution < 1.29 is 9.53 Å². The van der Waals surface area contributed by atoms with E-state index in [4.69, 9.17) is 17.0 Å². The van der Waals surface area contributed by atoms with Crippen molar-refractivity contribution in [2.45, 2.75) is 44.4 Å². The van der Waals surface area contributed by atoms with Crippen LogP contribution in [0.4, 0.5) is 0 Å². The van der Waals surface area contributed by atoms with Crippen molar-refractivity contribution in [2.75, 3.05) is 6.54 Å². The quantitative estimate of drug-likeness (QED) is 0.802. The molecule has 2 fully saturated rings. The molecule has 25 heavy (non-hydrogen) atoms. The number of aromatic amines is 1. The Bertz CT molecular complexity index is 920. The third-order valence-electron chi connectivity index (χ3n) is 5.25. The van der Waals surface area contributed by atoms with Gasteiger partial charge in [-0.15, -0.1) is 0 Å². The molecule has 3 atom stereocenters. The number of nitrogens with one attached hydrogen (secondary N) is 2. The number of carbonyl (C=O) groups excluding carboxylic acids is 1. The Labute approximate surface area is 150 Å². The summed E-state index contributed by atoms with van der Waals surface area (Å²) >= 11 is 5.27. The number of amides is 1. The highest BCUT2D eigenvalue weighted by molar-refractivity contribution is 7.71. The molecule has 1 aromatic carbocycles. The van der Waals surface area contributed by atoms with Crippen LogP contribution in [0.25, 0.3) is 10.9 Å². The van der Waals surface area contributed by atoms with Gasteiger partial charge in [0.25, 0.3) is 5.56 Å². The predicted octanol–water partition coefficient (Wildman–Crippen LogP) is 2.13. The molecule has 6 nitrogen and oxygen atoms in total. The van der Waals surface area contributed by atoms with Gasteiger partial charge in [-0.25, -0.2) is 0 Å². The summed E-state index contributed by atoms with van der Waals surface area (Å²) in [6, 6.07) is 7.24. The number of H-pyrrole nitrogens is 1. The molecule has 3 unspecified atom stereocenters. The van der Waals surface area contributed by atoms with Crippen LogP contribution in [0.3, 0.4) is 0 Å². The maximum absolute atomic E-state index is 12.5. The predicted molar refractivity (Wildman–Crippen MR) is 97.0 cm³/mol. The van der Waals surface area contributed by atoms with E-state index in [1.807, 2.05) is 18.2 Å². The maximum Gasteiger partial charge on any atom is 0.262 e. The minimum atomic E-state index is -0.159. The lowest BCUT2D eigenvalue weighted by molar-refractivity contribution is -0.121. The Morgan fingerprint density at radius 1 is 1.36 bits per heavy atom. The fraction of sp³-hybridized carbons (Fsp3) is 0.500. The fourth-order valence-electron chi connectivity index (χ4n) is 3.91. The minimum absolute atomic E-state index is 0.0581. The third-order valence-corrected chi connectivity index (χ3v) is 5.57. The van der Waals surface area contributed by atoms with E-state index in [1.54, 1.807) is 6.07 Å². The zero-order valence-corrected chi connectivity index (χ0v) is 14.7. The Morgan fingerprint density at radius 2 is 2.20 bits per heavy atom. The average Bonchev–Trinajstić information content (AvgIpc) is 3.23. The van der Waals surface area contributed by atoms with Crippen LogP contribution in [0.1, 0.15) is 25.7 Å². The third kappa shape index (κ3) is 3.26. The summed E-state index contributed by atoms with van der Waals surface area (Å²) in [6.45, 7) is 0.928. The number of ether oxygens (including phenoxy) is 1. The molecule has 132 valence electrons. The molecule has 0 radical (unpaired) electrons. The molecule has 4 rings (SSSR count). The molecule has 1 amide bonds. The Balaban J connectivity index is 1.38. The summed E-state index contributed by atoms with van der Waals surface area (Å²) in [4.78, 5) is 27.7. The first-order valence-corrected chi connectivity index (χ1v) is 9.16. The second kappa shape index (κ2) is 6.72. The summed E-state index contributed by atoms with van der Waals surface area (Å²) in [7, 11) is 0. The van der Waals surface area contributed by atoms with Gasteiger partial charge in [0, 0.05) is 25.4 Å². The molecule has 2 aromatic rings. The molecule has 2 saturated heterocycles. The van der Waals surface area contributed by atoms with Crippen LogP contribution in [0.2, 0.25) is 0 Å². The van der Waals surface area contributed by atoms with E-state index < -0.39 is 0 Å². The highest BCUT2D eigenvalue weighted by Crippen LogP contribution is 2.38. The normalized spacial score (nSPS) is 24.7. The zero-order valence-electron chi connectivity index (χ0n) is 13.9. The van der Waals surface area contributed by atoms with Crippen LogP contribution < -0.4 is 10.9 Å². The topological polar surface area (TPSA) is 76.1 Å². The molecule has 0 aliphatic carbocycles. The van der Waals surface area contributed by atoms with E-state index >= 15 is 0 Å². The van der Waals surface area contributed by atoms with Gasteiger partial charge in [0.1, 0.15) is 0 Å². The van der Waals surface area contributed by atoms with Crippen LogP contribution in [-0.4, -0.2) is 34.2 Å². The Kier molecular flexibility index (Phi) is 4.43. The first-order valence-electron chi connectivity index (χ1n) is 8.76. The number of rotatable bonds is 5. The number of hydrogen-bond donors (Lipinski definition) is 2. The number of carbonyl (C=O) groups is 1. The van der Waals surface area contributed by atoms with E-state index in [0.717, 1.165) is 24.8 Å². The summed E-state index contributed by atoms with van der Waals surface area (Å²) in [6.07, 6.45) is 4.23. The number of nitrogens with zero attached hydrogens (tertiary/aromatic N) is 1. The van der Waals surface area contributed by atoms with Crippen molar-refractivity contribution in [3.63, 3.8) is 0 Å². The van der Waals surface area contributed by atoms with Crippen LogP contribution in [0.15, 0.2) is 29.1 Å². The zero-order chi connectivity index (χ0) is 17.4. The van der Waals surface area contributed by atoms with Gasteiger partial charge >= 0.3 is 0 Å². The van der Waals surface area contributed by atoms with Crippen molar-refractivity contribution in [1.82, 2.24) is 14.9 Å². The smallest absolute Gasteiger partial charge is 0.262 e. The van der Waals surface area contributed by atoms with E-state index in [2.05, 4.69) is 10.3 Å². The van der Waals surface area contributed by atoms with E-state index in [0.29, 0.717) is 34.8 Å². The molecular weight excluding hydrogens is 338 g/mol. The molecule has 3 heterocycles. The van der Waals surface area contributed by atoms with Crippen LogP contribution in [0.5, 0.6) is 0 Å². The van der Waals surface area contributed by atoms with Gasteiger partial charge < -0.3 is 15.0 Å². The molecule has 7 heteroatoms. The number of aromatic nitrogens is 2. The Hall–Kier alpha value is -1.99. The Morgan fingerprint density at radius 3 is 2.96 bits per heavy atom. The maximum atomic E-state index is 12.5. The van der Waals surface area contributed by atoms with Crippen molar-refractivity contribution in [2.24, 2.45) is 5.92 Å². The molecule has 0 spiro atoms. The lowest BCUT2D eigenvalue weighted by Crippen LogP contribution is -2.34. The van der Waals surface area contributed by atoms with Gasteiger partial charge in [-0.05, 0) is 43.6 Å². The molecule has 2 aliphatic heterocycles. The van der Waals surface area contributed by atoms with Gasteiger partial charge in [0.2, 0.25) is 5.91 Å². The summed E-state index contributed by atoms with van der Waals surface area (Å²) in [5, 5.41) is 3.56. The summed E-state index contributed by atoms with van der Waals surface area (Å²) in [5.41, 5.74) is 0.558. The van der Waals surface area contributed by atoms with Crippen LogP contribution in [0, 0.1) is 10.7 Å². The van der Waals surface area contributed by atoms with Crippen molar-refractivity contribution >= 4 is 29.0 Å². The van der Waals surface area contributed by atoms with Crippen LogP contribution >= 0.6 is 12.2 Å². The van der Waals surface area contributed by atoms with Crippen LogP contribution in [-0.2, 0) is 16.1 Å². The first-order chi connectivity index (χ1) is 12.1. The van der Waals surface area contributed by atoms with Gasteiger partial charge in [-0.2, -0.15) is 0 Å². The van der Waals surface area contributed by atoms with Crippen molar-refractivity contribution in [3.8, 4) is 0 Å². The first kappa shape index (κ1) is 16.5. The van der Waals surface area contributed by atoms with Crippen molar-refractivity contribution in [1.29, 1.82) is 0 Å². The average molecular weight is 359 g/mol. The molecule has 1 aromatic heterocycles. The second-order valence-corrected chi connectivity index (χ2v) is 7.24. The molecule has 0 saturated carbocycles. The molecule has 2 bridgehead atoms. The lowest BCUT2D eigenvalue weighted by atomic mass is 9.89. The summed E-state index contributed by atoms with van der Waals surface area (Å²) < 4.78 is 7.61. The van der Waals surface area contributed by atoms with E-state index in [-0.39, 0.29) is 24.4 Å². The monoisotopic (exact) mass is 359 g/mol. The van der Waals surface area contributed by atoms with Gasteiger partial charge in [-0.1, -0.05) is 12.1 Å². The second-order valence-electron chi connectivity index (χ2n) is 6.86. The van der Waals surface area contributed by atoms with Gasteiger partial charge in [0.15, 0.2) is 4.77 Å². The lowest BCUT2D eigenvalue weighted by Gasteiger charge is -2.18. The SMILES string of the molecule is O=C(CCn1c(=S)[nH]c2ccccc2c1=O)NCC1CC2CCC1O2. The summed E-state index contributed by atoms with van der Waals surface area (Å²) in [5.74, 6) is 0.367. The van der Waals surface area contributed by atoms with Gasteiger partial charge in [-0.3, -0.25) is 14.2 Å². The fourth-order valence-corrected chi connectivity index (χ4v) is 4.19. The largest absolute Gasteiger partial charge is 0.375 e. The highest BCUT2D eigenvalue weighted by Gasteiger charge is 2.40. The minimum Gasteiger partial charge on any atom is -0.375 e. The molecule has 2 N–H and O–H groups in total. The highest BCUT2D eigenvalue weighted by atomic mass is 32.1. The number of benzene rings is 1. The van der Waals surface area contributed by atoms with E-state index in [9.17, 15) is 9.59 Å². The molecule has 2 aliphatic rings. The molecular formula is C18H21N3O3S. The van der Waals surface area contributed by atoms with Gasteiger partial charge in [0.05, 0.1) is 23.1 Å². The number of fused-ring (bicyclic) bond motifs is 3. The number of para-hydroxylation sites is 1. The van der Waals surface area contributed by atoms with E-state index in [1.165, 1.54) is 4.57 Å². The standard InChI is InChI=1S/C18H21N3O3S/c22-16(19-10-11-9-12-5-6-15(11)24-12)7-8-21-17(23)13-3-1-2-4-14(13)20-18(21)25/h1-4,11-12,15H,5-10H2,(H,19,22)(H,20,25).